The van der Waals surface area contributed by atoms with Crippen molar-refractivity contribution in [2.75, 3.05) is 19.8 Å². The van der Waals surface area contributed by atoms with Crippen LogP contribution >= 0.6 is 12.2 Å². The van der Waals surface area contributed by atoms with Crippen LogP contribution in [-0.2, 0) is 8.98 Å². The third-order valence-electron chi connectivity index (χ3n) is 2.70. The van der Waals surface area contributed by atoms with Crippen LogP contribution < -0.4 is 0 Å². The Balaban J connectivity index is 2.00. The molecule has 0 aromatic carbocycles. The average Bonchev–Trinajstić information content (AvgIpc) is 2.79. The minimum Gasteiger partial charge on any atom is -0.380 e. The zero-order chi connectivity index (χ0) is 10.0. The third kappa shape index (κ3) is 1.74. The van der Waals surface area contributed by atoms with E-state index in [-0.39, 0.29) is 5.91 Å². The Kier molecular flexibility index (Phi) is 2.69. The molecule has 1 unspecified atom stereocenters. The number of carbonyl (C=O) groups excluding carboxylic acids is 1. The van der Waals surface area contributed by atoms with Crippen molar-refractivity contribution < 1.29 is 12.9 Å². The normalized spacial score (nSPS) is 31.2. The van der Waals surface area contributed by atoms with E-state index in [2.05, 4.69) is 6.92 Å². The fourth-order valence-corrected chi connectivity index (χ4v) is 2.40. The van der Waals surface area contributed by atoms with E-state index in [4.69, 9.17) is 4.18 Å². The summed E-state index contributed by atoms with van der Waals surface area (Å²) in [7, 11) is 0. The Morgan fingerprint density at radius 3 is 3.07 bits per heavy atom. The highest BCUT2D eigenvalue weighted by Gasteiger charge is 2.36. The zero-order valence-corrected chi connectivity index (χ0v) is 9.13. The topological polar surface area (TPSA) is 29.5 Å². The van der Waals surface area contributed by atoms with Crippen molar-refractivity contribution in [1.29, 1.82) is 0 Å². The first-order valence-electron chi connectivity index (χ1n) is 4.93. The van der Waals surface area contributed by atoms with Crippen molar-refractivity contribution in [3.63, 3.8) is 0 Å². The van der Waals surface area contributed by atoms with Gasteiger partial charge in [-0.2, -0.15) is 3.89 Å². The molecular weight excluding hydrogens is 200 g/mol. The maximum absolute atomic E-state index is 11.5. The summed E-state index contributed by atoms with van der Waals surface area (Å²) in [4.78, 5) is 13.4. The molecule has 0 bridgehead atoms. The summed E-state index contributed by atoms with van der Waals surface area (Å²) in [5.41, 5.74) is 0. The van der Waals surface area contributed by atoms with Gasteiger partial charge in [0.05, 0.1) is 6.54 Å². The Hall–Kier alpha value is -0.680. The van der Waals surface area contributed by atoms with Crippen molar-refractivity contribution in [3.8, 4) is 0 Å². The highest BCUT2D eigenvalue weighted by Crippen LogP contribution is 2.32. The number of nitrogens with zero attached hydrogens (tertiary/aromatic N) is 2. The van der Waals surface area contributed by atoms with Gasteiger partial charge in [0, 0.05) is 13.0 Å². The first-order valence-corrected chi connectivity index (χ1v) is 5.63. The van der Waals surface area contributed by atoms with E-state index >= 15 is 0 Å². The molecule has 0 aliphatic carbocycles. The van der Waals surface area contributed by atoms with Gasteiger partial charge in [-0.25, -0.2) is 0 Å². The second-order valence-corrected chi connectivity index (χ2v) is 4.70. The molecule has 0 aromatic rings. The summed E-state index contributed by atoms with van der Waals surface area (Å²) in [6.07, 6.45) is 5.42. The van der Waals surface area contributed by atoms with E-state index in [0.717, 1.165) is 26.2 Å². The lowest BCUT2D eigenvalue weighted by Gasteiger charge is -2.28. The van der Waals surface area contributed by atoms with Gasteiger partial charge in [-0.05, 0) is 13.3 Å². The molecule has 0 aromatic heterocycles. The molecule has 1 atom stereocenters. The molecule has 1 amide bonds. The monoisotopic (exact) mass is 215 g/mol. The van der Waals surface area contributed by atoms with Crippen LogP contribution in [0.1, 0.15) is 19.8 Å². The van der Waals surface area contributed by atoms with Gasteiger partial charge in [0.2, 0.25) is 5.91 Å². The molecule has 2 heterocycles. The number of hydrogen-bond donors (Lipinski definition) is 0. The van der Waals surface area contributed by atoms with Crippen LogP contribution in [0.25, 0.3) is 0 Å². The molecule has 2 rings (SSSR count). The second kappa shape index (κ2) is 3.82. The number of amides is 1. The molecule has 1 saturated heterocycles. The summed E-state index contributed by atoms with van der Waals surface area (Å²) in [6, 6.07) is 0. The van der Waals surface area contributed by atoms with Gasteiger partial charge in [0.1, 0.15) is 6.20 Å². The Labute approximate surface area is 88.4 Å². The lowest BCUT2D eigenvalue weighted by Crippen LogP contribution is -2.44. The maximum Gasteiger partial charge on any atom is 0.319 e. The summed E-state index contributed by atoms with van der Waals surface area (Å²) in [6.45, 7) is 4.67. The summed E-state index contributed by atoms with van der Waals surface area (Å²) >= 11 is 1.41. The molecule has 4 nitrogen and oxygen atoms in total. The molecule has 1 fully saturated rings. The van der Waals surface area contributed by atoms with Crippen LogP contribution in [-0.4, -0.2) is 34.5 Å². The van der Waals surface area contributed by atoms with Crippen LogP contribution in [0.4, 0.5) is 0 Å². The molecule has 0 radical (unpaired) electrons. The van der Waals surface area contributed by atoms with Crippen molar-refractivity contribution in [2.24, 2.45) is 0 Å². The molecule has 5 heteroatoms. The molecule has 14 heavy (non-hydrogen) atoms. The van der Waals surface area contributed by atoms with Crippen LogP contribution in [0.3, 0.4) is 0 Å². The van der Waals surface area contributed by atoms with Gasteiger partial charge in [-0.3, -0.25) is 9.69 Å². The minimum atomic E-state index is 0.275. The first kappa shape index (κ1) is 9.86. The van der Waals surface area contributed by atoms with Gasteiger partial charge in [0.15, 0.2) is 12.9 Å². The summed E-state index contributed by atoms with van der Waals surface area (Å²) < 4.78 is 5.84. The SMILES string of the molecule is CC[N+]1(CN2CCCC2=O)C=COS1. The van der Waals surface area contributed by atoms with Crippen molar-refractivity contribution in [3.05, 3.63) is 12.5 Å². The van der Waals surface area contributed by atoms with Crippen LogP contribution in [0.15, 0.2) is 12.5 Å². The second-order valence-electron chi connectivity index (χ2n) is 3.63. The summed E-state index contributed by atoms with van der Waals surface area (Å²) in [5, 5.41) is 0. The number of likely N-dealkylation sites (tertiary alicyclic amines) is 1. The molecule has 78 valence electrons. The lowest BCUT2D eigenvalue weighted by atomic mass is 10.4. The number of quaternary nitrogens is 1. The van der Waals surface area contributed by atoms with E-state index < -0.39 is 0 Å². The number of carbonyl (C=O) groups is 1. The van der Waals surface area contributed by atoms with Gasteiger partial charge in [0.25, 0.3) is 0 Å². The quantitative estimate of drug-likeness (QED) is 0.405. The first-order chi connectivity index (χ1) is 6.76. The molecular formula is C9H15N2O2S+. The van der Waals surface area contributed by atoms with E-state index in [1.807, 2.05) is 11.1 Å². The van der Waals surface area contributed by atoms with Gasteiger partial charge in [-0.15, -0.1) is 0 Å². The minimum absolute atomic E-state index is 0.275. The lowest BCUT2D eigenvalue weighted by molar-refractivity contribution is -0.748. The predicted molar refractivity (Wildman–Crippen MR) is 54.4 cm³/mol. The van der Waals surface area contributed by atoms with Crippen molar-refractivity contribution in [1.82, 2.24) is 4.90 Å². The number of hydrogen-bond acceptors (Lipinski definition) is 3. The predicted octanol–water partition coefficient (Wildman–Crippen LogP) is 1.47. The fraction of sp³-hybridized carbons (Fsp3) is 0.667. The van der Waals surface area contributed by atoms with Crippen LogP contribution in [0.5, 0.6) is 0 Å². The standard InChI is InChI=1S/C9H15N2O2S/c1-2-11(6-7-13-14-11)8-10-5-3-4-9(10)12/h6-7H,2-5,8H2,1H3/q+1. The van der Waals surface area contributed by atoms with Crippen LogP contribution in [0, 0.1) is 0 Å². The highest BCUT2D eigenvalue weighted by molar-refractivity contribution is 7.89. The third-order valence-corrected chi connectivity index (χ3v) is 3.69. The maximum atomic E-state index is 11.5. The van der Waals surface area contributed by atoms with Crippen molar-refractivity contribution in [2.45, 2.75) is 19.8 Å². The Morgan fingerprint density at radius 2 is 2.57 bits per heavy atom. The highest BCUT2D eigenvalue weighted by atomic mass is 32.2. The van der Waals surface area contributed by atoms with Gasteiger partial charge >= 0.3 is 12.2 Å². The van der Waals surface area contributed by atoms with Gasteiger partial charge < -0.3 is 4.18 Å². The molecule has 0 spiro atoms. The molecule has 2 aliphatic heterocycles. The largest absolute Gasteiger partial charge is 0.380 e. The van der Waals surface area contributed by atoms with Crippen molar-refractivity contribution >= 4 is 18.1 Å². The smallest absolute Gasteiger partial charge is 0.319 e. The van der Waals surface area contributed by atoms with E-state index in [1.54, 1.807) is 6.26 Å². The Bertz CT molecular complexity index is 270. The fourth-order valence-electron chi connectivity index (χ4n) is 1.74. The zero-order valence-electron chi connectivity index (χ0n) is 8.31. The number of rotatable bonds is 3. The summed E-state index contributed by atoms with van der Waals surface area (Å²) in [5.74, 6) is 0.275. The van der Waals surface area contributed by atoms with Gasteiger partial charge in [-0.1, -0.05) is 0 Å². The average molecular weight is 215 g/mol. The molecule has 0 N–H and O–H groups in total. The van der Waals surface area contributed by atoms with E-state index in [0.29, 0.717) is 10.3 Å². The Morgan fingerprint density at radius 1 is 1.71 bits per heavy atom. The molecule has 2 aliphatic rings. The van der Waals surface area contributed by atoms with Crippen LogP contribution in [0.2, 0.25) is 0 Å². The van der Waals surface area contributed by atoms with E-state index in [9.17, 15) is 4.79 Å². The molecule has 0 saturated carbocycles. The van der Waals surface area contributed by atoms with E-state index in [1.165, 1.54) is 12.2 Å².